The third-order valence-electron chi connectivity index (χ3n) is 3.55. The summed E-state index contributed by atoms with van der Waals surface area (Å²) >= 11 is 0. The summed E-state index contributed by atoms with van der Waals surface area (Å²) in [6.07, 6.45) is 0. The Morgan fingerprint density at radius 2 is 1.22 bits per heavy atom. The maximum Gasteiger partial charge on any atom is 0.131 e. The molecule has 92 valence electrons. The Bertz CT molecular complexity index is 533. The molecule has 3 rings (SSSR count). The molecule has 18 heavy (non-hydrogen) atoms. The van der Waals surface area contributed by atoms with Crippen molar-refractivity contribution in [1.82, 2.24) is 0 Å². The van der Waals surface area contributed by atoms with E-state index < -0.39 is 0 Å². The second kappa shape index (κ2) is 3.88. The third kappa shape index (κ3) is 1.71. The van der Waals surface area contributed by atoms with Crippen molar-refractivity contribution in [2.24, 2.45) is 5.41 Å². The maximum atomic E-state index is 6.00. The fraction of sp³-hybridized carbons (Fsp3) is 0.294. The normalized spacial score (nSPS) is 14.6. The molecule has 0 saturated carbocycles. The van der Waals surface area contributed by atoms with Gasteiger partial charge in [0, 0.05) is 17.0 Å². The molecule has 0 bridgehead atoms. The summed E-state index contributed by atoms with van der Waals surface area (Å²) < 4.78 is 6.00. The lowest BCUT2D eigenvalue weighted by atomic mass is 9.71. The average Bonchev–Trinajstić information content (AvgIpc) is 2.34. The zero-order valence-electron chi connectivity index (χ0n) is 11.1. The van der Waals surface area contributed by atoms with Gasteiger partial charge in [-0.25, -0.2) is 0 Å². The fourth-order valence-corrected chi connectivity index (χ4v) is 2.84. The second-order valence-corrected chi connectivity index (χ2v) is 5.98. The van der Waals surface area contributed by atoms with Crippen LogP contribution in [0.1, 0.15) is 37.8 Å². The second-order valence-electron chi connectivity index (χ2n) is 5.98. The highest BCUT2D eigenvalue weighted by Crippen LogP contribution is 2.51. The topological polar surface area (TPSA) is 9.23 Å². The maximum absolute atomic E-state index is 6.00. The van der Waals surface area contributed by atoms with E-state index in [1.54, 1.807) is 0 Å². The van der Waals surface area contributed by atoms with E-state index in [2.05, 4.69) is 57.2 Å². The number of fused-ring (bicyclic) bond motifs is 2. The first-order chi connectivity index (χ1) is 8.57. The molecule has 1 heterocycles. The van der Waals surface area contributed by atoms with Crippen LogP contribution in [0.5, 0.6) is 11.5 Å². The highest BCUT2D eigenvalue weighted by atomic mass is 16.5. The van der Waals surface area contributed by atoms with Crippen LogP contribution in [-0.4, -0.2) is 0 Å². The molecule has 2 aromatic carbocycles. The molecule has 0 fully saturated rings. The van der Waals surface area contributed by atoms with Crippen LogP contribution in [0, 0.1) is 5.41 Å². The molecule has 0 aromatic heterocycles. The quantitative estimate of drug-likeness (QED) is 0.629. The smallest absolute Gasteiger partial charge is 0.131 e. The van der Waals surface area contributed by atoms with Crippen molar-refractivity contribution in [2.75, 3.05) is 0 Å². The Morgan fingerprint density at radius 1 is 0.778 bits per heavy atom. The molecule has 0 amide bonds. The van der Waals surface area contributed by atoms with E-state index in [1.807, 2.05) is 12.1 Å². The molecule has 0 unspecified atom stereocenters. The molecule has 0 spiro atoms. The van der Waals surface area contributed by atoms with Gasteiger partial charge in [0.1, 0.15) is 11.5 Å². The first kappa shape index (κ1) is 11.3. The van der Waals surface area contributed by atoms with E-state index in [0.29, 0.717) is 5.92 Å². The van der Waals surface area contributed by atoms with Crippen LogP contribution in [0.15, 0.2) is 48.5 Å². The van der Waals surface area contributed by atoms with Gasteiger partial charge in [-0.05, 0) is 17.5 Å². The van der Waals surface area contributed by atoms with E-state index in [9.17, 15) is 0 Å². The SMILES string of the molecule is CC(C)(C)C1c2ccccc2Oc2ccccc21. The number of benzene rings is 2. The highest BCUT2D eigenvalue weighted by molar-refractivity contribution is 5.54. The number of hydrogen-bond acceptors (Lipinski definition) is 1. The van der Waals surface area contributed by atoms with Gasteiger partial charge in [-0.1, -0.05) is 57.2 Å². The van der Waals surface area contributed by atoms with Gasteiger partial charge < -0.3 is 4.74 Å². The minimum atomic E-state index is 0.177. The molecule has 1 aliphatic heterocycles. The van der Waals surface area contributed by atoms with Crippen molar-refractivity contribution in [3.8, 4) is 11.5 Å². The molecule has 0 saturated heterocycles. The first-order valence-corrected chi connectivity index (χ1v) is 6.43. The van der Waals surface area contributed by atoms with Gasteiger partial charge in [-0.2, -0.15) is 0 Å². The molecule has 0 radical (unpaired) electrons. The van der Waals surface area contributed by atoms with Crippen molar-refractivity contribution in [2.45, 2.75) is 26.7 Å². The lowest BCUT2D eigenvalue weighted by molar-refractivity contribution is 0.325. The summed E-state index contributed by atoms with van der Waals surface area (Å²) in [5.41, 5.74) is 2.77. The van der Waals surface area contributed by atoms with Crippen molar-refractivity contribution in [3.05, 3.63) is 59.7 Å². The first-order valence-electron chi connectivity index (χ1n) is 6.43. The summed E-state index contributed by atoms with van der Waals surface area (Å²) in [4.78, 5) is 0. The van der Waals surface area contributed by atoms with Gasteiger partial charge in [0.25, 0.3) is 0 Å². The minimum Gasteiger partial charge on any atom is -0.457 e. The average molecular weight is 238 g/mol. The zero-order valence-corrected chi connectivity index (χ0v) is 11.1. The third-order valence-corrected chi connectivity index (χ3v) is 3.55. The molecule has 0 aliphatic carbocycles. The van der Waals surface area contributed by atoms with Crippen LogP contribution < -0.4 is 4.74 Å². The summed E-state index contributed by atoms with van der Waals surface area (Å²) in [6, 6.07) is 16.7. The van der Waals surface area contributed by atoms with E-state index in [1.165, 1.54) is 11.1 Å². The Kier molecular flexibility index (Phi) is 2.44. The lowest BCUT2D eigenvalue weighted by Gasteiger charge is -2.36. The molecular formula is C17H18O. The van der Waals surface area contributed by atoms with Crippen molar-refractivity contribution < 1.29 is 4.74 Å². The van der Waals surface area contributed by atoms with Gasteiger partial charge in [0.05, 0.1) is 0 Å². The molecule has 1 aliphatic rings. The van der Waals surface area contributed by atoms with E-state index in [0.717, 1.165) is 11.5 Å². The summed E-state index contributed by atoms with van der Waals surface area (Å²) in [7, 11) is 0. The molecule has 2 aromatic rings. The van der Waals surface area contributed by atoms with Gasteiger partial charge in [0.2, 0.25) is 0 Å². The fourth-order valence-electron chi connectivity index (χ4n) is 2.84. The Morgan fingerprint density at radius 3 is 1.67 bits per heavy atom. The minimum absolute atomic E-state index is 0.177. The van der Waals surface area contributed by atoms with Gasteiger partial charge in [-0.15, -0.1) is 0 Å². The van der Waals surface area contributed by atoms with E-state index in [-0.39, 0.29) is 5.41 Å². The predicted octanol–water partition coefficient (Wildman–Crippen LogP) is 4.97. The van der Waals surface area contributed by atoms with Crippen LogP contribution in [0.3, 0.4) is 0 Å². The van der Waals surface area contributed by atoms with Crippen LogP contribution in [-0.2, 0) is 0 Å². The van der Waals surface area contributed by atoms with Crippen LogP contribution in [0.25, 0.3) is 0 Å². The number of hydrogen-bond donors (Lipinski definition) is 0. The molecule has 1 nitrogen and oxygen atoms in total. The Labute approximate surface area is 108 Å². The summed E-state index contributed by atoms with van der Waals surface area (Å²) in [6.45, 7) is 6.86. The zero-order chi connectivity index (χ0) is 12.8. The Hall–Kier alpha value is -1.76. The molecule has 0 N–H and O–H groups in total. The number of rotatable bonds is 0. The van der Waals surface area contributed by atoms with Crippen molar-refractivity contribution in [3.63, 3.8) is 0 Å². The van der Waals surface area contributed by atoms with E-state index >= 15 is 0 Å². The van der Waals surface area contributed by atoms with Crippen LogP contribution in [0.2, 0.25) is 0 Å². The molecule has 1 heteroatoms. The number of ether oxygens (including phenoxy) is 1. The monoisotopic (exact) mass is 238 g/mol. The van der Waals surface area contributed by atoms with Crippen molar-refractivity contribution in [1.29, 1.82) is 0 Å². The summed E-state index contributed by atoms with van der Waals surface area (Å²) in [5, 5.41) is 0. The van der Waals surface area contributed by atoms with Gasteiger partial charge >= 0.3 is 0 Å². The molecule has 0 atom stereocenters. The van der Waals surface area contributed by atoms with Crippen LogP contribution in [0.4, 0.5) is 0 Å². The predicted molar refractivity (Wildman–Crippen MR) is 74.3 cm³/mol. The Balaban J connectivity index is 2.24. The van der Waals surface area contributed by atoms with Gasteiger partial charge in [-0.3, -0.25) is 0 Å². The standard InChI is InChI=1S/C17H18O/c1-17(2,3)16-12-8-4-6-10-14(12)18-15-11-7-5-9-13(15)16/h4-11,16H,1-3H3. The molecular weight excluding hydrogens is 220 g/mol. The van der Waals surface area contributed by atoms with Crippen LogP contribution >= 0.6 is 0 Å². The summed E-state index contributed by atoms with van der Waals surface area (Å²) in [5.74, 6) is 2.38. The van der Waals surface area contributed by atoms with Crippen molar-refractivity contribution >= 4 is 0 Å². The van der Waals surface area contributed by atoms with E-state index in [4.69, 9.17) is 4.74 Å². The highest BCUT2D eigenvalue weighted by Gasteiger charge is 2.35. The largest absolute Gasteiger partial charge is 0.457 e. The lowest BCUT2D eigenvalue weighted by Crippen LogP contribution is -2.23. The van der Waals surface area contributed by atoms with Gasteiger partial charge in [0.15, 0.2) is 0 Å². The number of para-hydroxylation sites is 2.